The first-order valence-corrected chi connectivity index (χ1v) is 9.94. The smallest absolute Gasteiger partial charge is 0.283 e. The molecule has 0 fully saturated rings. The number of nitrogens with zero attached hydrogens (tertiary/aromatic N) is 3. The van der Waals surface area contributed by atoms with E-state index in [-0.39, 0.29) is 5.56 Å². The Morgan fingerprint density at radius 2 is 1.37 bits per heavy atom. The van der Waals surface area contributed by atoms with Crippen LogP contribution in [0.1, 0.15) is 11.3 Å². The fourth-order valence-corrected chi connectivity index (χ4v) is 4.02. The SMILES string of the molecule is Cc1c(N=Cc2c3ccccc3cc3ccccc23)c(=O)n(-c2ccccc2)n1C. The number of hydrogen-bond donors (Lipinski definition) is 0. The summed E-state index contributed by atoms with van der Waals surface area (Å²) in [6.45, 7) is 1.93. The average molecular weight is 391 g/mol. The monoisotopic (exact) mass is 391 g/mol. The molecule has 0 atom stereocenters. The van der Waals surface area contributed by atoms with Gasteiger partial charge in [0.15, 0.2) is 5.69 Å². The molecule has 1 heterocycles. The maximum absolute atomic E-state index is 13.2. The number of rotatable bonds is 3. The van der Waals surface area contributed by atoms with Crippen LogP contribution in [0.15, 0.2) is 94.7 Å². The summed E-state index contributed by atoms with van der Waals surface area (Å²) >= 11 is 0. The van der Waals surface area contributed by atoms with Crippen molar-refractivity contribution >= 4 is 33.4 Å². The third-order valence-electron chi connectivity index (χ3n) is 5.66. The van der Waals surface area contributed by atoms with Gasteiger partial charge in [-0.15, -0.1) is 0 Å². The predicted molar refractivity (Wildman–Crippen MR) is 124 cm³/mol. The Kier molecular flexibility index (Phi) is 4.32. The van der Waals surface area contributed by atoms with Crippen LogP contribution < -0.4 is 5.56 Å². The van der Waals surface area contributed by atoms with Gasteiger partial charge in [-0.05, 0) is 46.7 Å². The normalized spacial score (nSPS) is 11.7. The summed E-state index contributed by atoms with van der Waals surface area (Å²) in [6.07, 6.45) is 1.84. The van der Waals surface area contributed by atoms with Gasteiger partial charge in [0.1, 0.15) is 0 Å². The van der Waals surface area contributed by atoms with Gasteiger partial charge in [-0.2, -0.15) is 0 Å². The first kappa shape index (κ1) is 18.1. The topological polar surface area (TPSA) is 39.3 Å². The molecule has 0 aliphatic heterocycles. The lowest BCUT2D eigenvalue weighted by atomic mass is 9.97. The second-order valence-corrected chi connectivity index (χ2v) is 7.40. The van der Waals surface area contributed by atoms with E-state index in [2.05, 4.69) is 30.3 Å². The van der Waals surface area contributed by atoms with E-state index >= 15 is 0 Å². The van der Waals surface area contributed by atoms with E-state index in [1.165, 1.54) is 0 Å². The second-order valence-electron chi connectivity index (χ2n) is 7.40. The van der Waals surface area contributed by atoms with Gasteiger partial charge in [0.25, 0.3) is 5.56 Å². The summed E-state index contributed by atoms with van der Waals surface area (Å²) in [5.74, 6) is 0. The summed E-state index contributed by atoms with van der Waals surface area (Å²) in [6, 6.07) is 28.4. The number of para-hydroxylation sites is 1. The summed E-state index contributed by atoms with van der Waals surface area (Å²) < 4.78 is 3.51. The quantitative estimate of drug-likeness (QED) is 0.294. The van der Waals surface area contributed by atoms with Crippen LogP contribution in [0.4, 0.5) is 5.69 Å². The van der Waals surface area contributed by atoms with E-state index in [0.29, 0.717) is 5.69 Å². The van der Waals surface area contributed by atoms with E-state index < -0.39 is 0 Å². The number of fused-ring (bicyclic) bond motifs is 2. The standard InChI is InChI=1S/C26H21N3O/c1-18-25(26(30)29(28(18)2)21-12-4-3-5-13-21)27-17-24-22-14-8-6-10-19(22)16-20-11-7-9-15-23(20)24/h3-17H,1-2H3. The van der Waals surface area contributed by atoms with E-state index in [0.717, 1.165) is 38.5 Å². The van der Waals surface area contributed by atoms with E-state index in [1.54, 1.807) is 4.68 Å². The van der Waals surface area contributed by atoms with E-state index in [9.17, 15) is 4.79 Å². The first-order chi connectivity index (χ1) is 14.6. The Balaban J connectivity index is 1.72. The van der Waals surface area contributed by atoms with Crippen LogP contribution in [0.2, 0.25) is 0 Å². The third kappa shape index (κ3) is 2.85. The van der Waals surface area contributed by atoms with Gasteiger partial charge >= 0.3 is 0 Å². The minimum Gasteiger partial charge on any atom is -0.283 e. The molecule has 0 bridgehead atoms. The Labute approximate surface area is 174 Å². The van der Waals surface area contributed by atoms with Crippen molar-refractivity contribution in [3.63, 3.8) is 0 Å². The molecule has 4 aromatic carbocycles. The van der Waals surface area contributed by atoms with Crippen LogP contribution in [0.3, 0.4) is 0 Å². The van der Waals surface area contributed by atoms with Gasteiger partial charge in [0.05, 0.1) is 11.4 Å². The summed E-state index contributed by atoms with van der Waals surface area (Å²) in [5.41, 5.74) is 3.01. The maximum atomic E-state index is 13.2. The van der Waals surface area contributed by atoms with Crippen molar-refractivity contribution in [1.29, 1.82) is 0 Å². The van der Waals surface area contributed by atoms with Gasteiger partial charge in [0.2, 0.25) is 0 Å². The fourth-order valence-electron chi connectivity index (χ4n) is 4.02. The van der Waals surface area contributed by atoms with Crippen LogP contribution in [0.5, 0.6) is 0 Å². The highest BCUT2D eigenvalue weighted by atomic mass is 16.1. The van der Waals surface area contributed by atoms with Crippen LogP contribution >= 0.6 is 0 Å². The molecule has 4 nitrogen and oxygen atoms in total. The fraction of sp³-hybridized carbons (Fsp3) is 0.0769. The Morgan fingerprint density at radius 3 is 2.00 bits per heavy atom. The molecule has 30 heavy (non-hydrogen) atoms. The van der Waals surface area contributed by atoms with Gasteiger partial charge in [-0.3, -0.25) is 9.48 Å². The van der Waals surface area contributed by atoms with Crippen LogP contribution in [-0.4, -0.2) is 15.6 Å². The summed E-state index contributed by atoms with van der Waals surface area (Å²) in [4.78, 5) is 17.9. The lowest BCUT2D eigenvalue weighted by molar-refractivity contribution is 0.630. The zero-order valence-electron chi connectivity index (χ0n) is 16.9. The molecule has 0 unspecified atom stereocenters. The van der Waals surface area contributed by atoms with Crippen LogP contribution in [0, 0.1) is 6.92 Å². The van der Waals surface area contributed by atoms with E-state index in [4.69, 9.17) is 4.99 Å². The molecule has 146 valence electrons. The highest BCUT2D eigenvalue weighted by Gasteiger charge is 2.15. The van der Waals surface area contributed by atoms with Crippen LogP contribution in [-0.2, 0) is 7.05 Å². The Morgan fingerprint density at radius 1 is 0.800 bits per heavy atom. The molecule has 0 N–H and O–H groups in total. The van der Waals surface area contributed by atoms with Crippen molar-refractivity contribution in [3.05, 3.63) is 107 Å². The van der Waals surface area contributed by atoms with Crippen molar-refractivity contribution < 1.29 is 0 Å². The maximum Gasteiger partial charge on any atom is 0.297 e. The molecule has 0 spiro atoms. The lowest BCUT2D eigenvalue weighted by Gasteiger charge is -2.07. The van der Waals surface area contributed by atoms with Gasteiger partial charge in [-0.25, -0.2) is 9.67 Å². The molecule has 5 rings (SSSR count). The number of benzene rings is 4. The first-order valence-electron chi connectivity index (χ1n) is 9.94. The number of aromatic nitrogens is 2. The van der Waals surface area contributed by atoms with Gasteiger partial charge in [-0.1, -0.05) is 66.7 Å². The van der Waals surface area contributed by atoms with Crippen molar-refractivity contribution in [2.24, 2.45) is 12.0 Å². The van der Waals surface area contributed by atoms with Crippen molar-refractivity contribution in [3.8, 4) is 5.69 Å². The van der Waals surface area contributed by atoms with E-state index in [1.807, 2.05) is 79.5 Å². The molecule has 0 amide bonds. The molecule has 0 aliphatic rings. The average Bonchev–Trinajstić information content (AvgIpc) is 3.00. The molecule has 0 saturated heterocycles. The van der Waals surface area contributed by atoms with Gasteiger partial charge in [0, 0.05) is 18.8 Å². The molecule has 0 radical (unpaired) electrons. The molecule has 1 aromatic heterocycles. The Bertz CT molecular complexity index is 1420. The highest BCUT2D eigenvalue weighted by Crippen LogP contribution is 2.28. The summed E-state index contributed by atoms with van der Waals surface area (Å²) in [7, 11) is 1.88. The number of aliphatic imine (C=N–C) groups is 1. The molecular formula is C26H21N3O. The zero-order valence-corrected chi connectivity index (χ0v) is 16.9. The minimum atomic E-state index is -0.123. The van der Waals surface area contributed by atoms with Crippen molar-refractivity contribution in [2.45, 2.75) is 6.92 Å². The lowest BCUT2D eigenvalue weighted by Crippen LogP contribution is -2.19. The molecular weight excluding hydrogens is 370 g/mol. The Hall–Kier alpha value is -3.92. The zero-order chi connectivity index (χ0) is 20.7. The highest BCUT2D eigenvalue weighted by molar-refractivity contribution is 6.13. The number of hydrogen-bond acceptors (Lipinski definition) is 2. The van der Waals surface area contributed by atoms with Crippen LogP contribution in [0.25, 0.3) is 27.2 Å². The molecule has 4 heteroatoms. The summed E-state index contributed by atoms with van der Waals surface area (Å²) in [5, 5.41) is 4.56. The minimum absolute atomic E-state index is 0.123. The van der Waals surface area contributed by atoms with Gasteiger partial charge < -0.3 is 0 Å². The largest absolute Gasteiger partial charge is 0.297 e. The second kappa shape index (κ2) is 7.16. The predicted octanol–water partition coefficient (Wildman–Crippen LogP) is 5.54. The molecule has 0 saturated carbocycles. The molecule has 0 aliphatic carbocycles. The third-order valence-corrected chi connectivity index (χ3v) is 5.66. The van der Waals surface area contributed by atoms with Crippen molar-refractivity contribution in [2.75, 3.05) is 0 Å². The van der Waals surface area contributed by atoms with Crippen molar-refractivity contribution in [1.82, 2.24) is 9.36 Å². The molecule has 5 aromatic rings.